The van der Waals surface area contributed by atoms with Gasteiger partial charge in [-0.3, -0.25) is 24.5 Å². The number of amides is 4. The highest BCUT2D eigenvalue weighted by Crippen LogP contribution is 2.26. The molecular formula is C18H27N3O6S3. The van der Waals surface area contributed by atoms with Crippen molar-refractivity contribution in [2.75, 3.05) is 0 Å². The molecule has 3 N–H and O–H groups in total. The second kappa shape index (κ2) is 11.7. The van der Waals surface area contributed by atoms with Gasteiger partial charge in [-0.25, -0.2) is 4.79 Å². The van der Waals surface area contributed by atoms with Crippen molar-refractivity contribution < 1.29 is 28.8 Å². The molecule has 0 aliphatic carbocycles. The topological polar surface area (TPSA) is 131 Å². The summed E-state index contributed by atoms with van der Waals surface area (Å²) in [5.74, 6) is -0.896. The van der Waals surface area contributed by atoms with Gasteiger partial charge in [0.15, 0.2) is 0 Å². The van der Waals surface area contributed by atoms with Crippen molar-refractivity contribution in [1.82, 2.24) is 16.1 Å². The van der Waals surface area contributed by atoms with Crippen molar-refractivity contribution >= 4 is 69.0 Å². The highest BCUT2D eigenvalue weighted by molar-refractivity contribution is 8.24. The van der Waals surface area contributed by atoms with Crippen LogP contribution >= 0.6 is 35.7 Å². The van der Waals surface area contributed by atoms with E-state index in [0.29, 0.717) is 10.2 Å². The van der Waals surface area contributed by atoms with Gasteiger partial charge in [0.2, 0.25) is 11.8 Å². The minimum atomic E-state index is -0.611. The SMILES string of the molecule is CC(C)C1C(=O)NOC1=O.CC(C)C1SC(=O)NC1=O.CC(C)C1SC(=S)NC1=O. The molecule has 3 atom stereocenters. The Bertz CT molecular complexity index is 666. The van der Waals surface area contributed by atoms with Crippen molar-refractivity contribution in [2.24, 2.45) is 23.7 Å². The lowest BCUT2D eigenvalue weighted by Crippen LogP contribution is -2.27. The van der Waals surface area contributed by atoms with Crippen molar-refractivity contribution in [2.45, 2.75) is 52.0 Å². The number of rotatable bonds is 3. The Morgan fingerprint density at radius 1 is 0.767 bits per heavy atom. The number of carbonyl (C=O) groups is 5. The summed E-state index contributed by atoms with van der Waals surface area (Å²) < 4.78 is 0.615. The fourth-order valence-corrected chi connectivity index (χ4v) is 4.60. The van der Waals surface area contributed by atoms with E-state index >= 15 is 0 Å². The number of nitrogens with one attached hydrogen (secondary N) is 3. The monoisotopic (exact) mass is 477 g/mol. The molecule has 0 aromatic carbocycles. The van der Waals surface area contributed by atoms with Gasteiger partial charge in [0.25, 0.3) is 11.1 Å². The minimum Gasteiger partial charge on any atom is -0.340 e. The van der Waals surface area contributed by atoms with Gasteiger partial charge < -0.3 is 10.2 Å². The molecule has 30 heavy (non-hydrogen) atoms. The maximum Gasteiger partial charge on any atom is 0.345 e. The summed E-state index contributed by atoms with van der Waals surface area (Å²) in [7, 11) is 0. The van der Waals surface area contributed by atoms with Crippen LogP contribution in [0.4, 0.5) is 4.79 Å². The summed E-state index contributed by atoms with van der Waals surface area (Å²) >= 11 is 7.36. The lowest BCUT2D eigenvalue weighted by molar-refractivity contribution is -0.146. The molecular weight excluding hydrogens is 450 g/mol. The fourth-order valence-electron chi connectivity index (χ4n) is 2.53. The average molecular weight is 478 g/mol. The summed E-state index contributed by atoms with van der Waals surface area (Å²) in [5, 5.41) is 4.48. The number of hydrogen-bond donors (Lipinski definition) is 3. The van der Waals surface area contributed by atoms with E-state index in [9.17, 15) is 24.0 Å². The van der Waals surface area contributed by atoms with Crippen LogP contribution in [0.5, 0.6) is 0 Å². The highest BCUT2D eigenvalue weighted by atomic mass is 32.2. The first-order valence-electron chi connectivity index (χ1n) is 9.38. The van der Waals surface area contributed by atoms with E-state index in [2.05, 4.69) is 15.5 Å². The quantitative estimate of drug-likeness (QED) is 0.412. The third kappa shape index (κ3) is 7.55. The van der Waals surface area contributed by atoms with Crippen molar-refractivity contribution in [3.63, 3.8) is 0 Å². The maximum absolute atomic E-state index is 11.0. The molecule has 0 spiro atoms. The van der Waals surface area contributed by atoms with E-state index in [4.69, 9.17) is 12.2 Å². The predicted octanol–water partition coefficient (Wildman–Crippen LogP) is 2.00. The molecule has 3 rings (SSSR count). The average Bonchev–Trinajstić information content (AvgIpc) is 3.25. The lowest BCUT2D eigenvalue weighted by Gasteiger charge is -2.07. The van der Waals surface area contributed by atoms with E-state index < -0.39 is 11.9 Å². The first-order chi connectivity index (χ1) is 13.8. The Morgan fingerprint density at radius 2 is 1.27 bits per heavy atom. The van der Waals surface area contributed by atoms with Crippen LogP contribution in [0.3, 0.4) is 0 Å². The fraction of sp³-hybridized carbons (Fsp3) is 0.667. The smallest absolute Gasteiger partial charge is 0.340 e. The molecule has 0 aromatic heterocycles. The Balaban J connectivity index is 0.000000225. The normalized spacial score (nSPS) is 25.4. The molecule has 3 fully saturated rings. The molecule has 9 nitrogen and oxygen atoms in total. The number of carbonyl (C=O) groups excluding carboxylic acids is 5. The molecule has 3 aliphatic rings. The van der Waals surface area contributed by atoms with Gasteiger partial charge in [-0.1, -0.05) is 77.3 Å². The van der Waals surface area contributed by atoms with Crippen LogP contribution in [0.15, 0.2) is 0 Å². The van der Waals surface area contributed by atoms with E-state index in [0.717, 1.165) is 11.8 Å². The van der Waals surface area contributed by atoms with Crippen LogP contribution in [-0.4, -0.2) is 43.8 Å². The van der Waals surface area contributed by atoms with Crippen molar-refractivity contribution in [3.05, 3.63) is 0 Å². The second-order valence-corrected chi connectivity index (χ2v) is 10.7. The van der Waals surface area contributed by atoms with E-state index in [1.165, 1.54) is 11.8 Å². The third-order valence-electron chi connectivity index (χ3n) is 4.10. The minimum absolute atomic E-state index is 0.00926. The molecule has 0 aromatic rings. The molecule has 3 unspecified atom stereocenters. The van der Waals surface area contributed by atoms with Crippen molar-refractivity contribution in [1.29, 1.82) is 0 Å². The Kier molecular flexibility index (Phi) is 10.2. The summed E-state index contributed by atoms with van der Waals surface area (Å²) in [6, 6.07) is 0. The molecule has 3 saturated heterocycles. The number of thioether (sulfide) groups is 2. The Morgan fingerprint density at radius 3 is 1.47 bits per heavy atom. The number of hydrogen-bond acceptors (Lipinski definition) is 9. The first kappa shape index (κ1) is 26.4. The first-order valence-corrected chi connectivity index (χ1v) is 11.5. The van der Waals surface area contributed by atoms with Crippen LogP contribution in [-0.2, 0) is 24.0 Å². The predicted molar refractivity (Wildman–Crippen MR) is 119 cm³/mol. The second-order valence-electron chi connectivity index (χ2n) is 7.73. The van der Waals surface area contributed by atoms with Gasteiger partial charge in [-0.15, -0.1) is 0 Å². The Labute approximate surface area is 189 Å². The summed E-state index contributed by atoms with van der Waals surface area (Å²) in [5.41, 5.74) is 2.01. The largest absolute Gasteiger partial charge is 0.345 e. The molecule has 0 saturated carbocycles. The standard InChI is InChI=1S/C6H9NO3.C6H9NO2S.C6H9NOS2/c1-3(2)4-5(8)7-10-6(4)9;2*1-3(2)4-5(8)7-6(9)10-4/h3-4H,1-2H3,(H,7,8);2*3-4H,1-2H3,(H,7,8,9). The molecule has 4 amide bonds. The van der Waals surface area contributed by atoms with Crippen LogP contribution in [0.25, 0.3) is 0 Å². The van der Waals surface area contributed by atoms with Crippen LogP contribution in [0.2, 0.25) is 0 Å². The van der Waals surface area contributed by atoms with Gasteiger partial charge in [-0.2, -0.15) is 5.48 Å². The molecule has 3 aliphatic heterocycles. The van der Waals surface area contributed by atoms with E-state index in [1.807, 2.05) is 33.2 Å². The summed E-state index contributed by atoms with van der Waals surface area (Å²) in [4.78, 5) is 58.3. The van der Waals surface area contributed by atoms with Gasteiger partial charge in [0, 0.05) is 0 Å². The van der Waals surface area contributed by atoms with Gasteiger partial charge in [0.05, 0.1) is 10.5 Å². The number of thiocarbonyl (C=S) groups is 1. The number of hydroxylamine groups is 1. The molecule has 0 bridgehead atoms. The summed E-state index contributed by atoms with van der Waals surface area (Å²) in [6.07, 6.45) is 0. The van der Waals surface area contributed by atoms with Gasteiger partial charge >= 0.3 is 5.97 Å². The maximum atomic E-state index is 11.0. The zero-order valence-electron chi connectivity index (χ0n) is 17.6. The van der Waals surface area contributed by atoms with E-state index in [-0.39, 0.29) is 45.3 Å². The van der Waals surface area contributed by atoms with Gasteiger partial charge in [-0.05, 0) is 17.8 Å². The van der Waals surface area contributed by atoms with Crippen LogP contribution < -0.4 is 16.1 Å². The lowest BCUT2D eigenvalue weighted by atomic mass is 9.96. The molecule has 12 heteroatoms. The zero-order valence-corrected chi connectivity index (χ0v) is 20.1. The van der Waals surface area contributed by atoms with Crippen LogP contribution in [0.1, 0.15) is 41.5 Å². The van der Waals surface area contributed by atoms with Crippen LogP contribution in [0, 0.1) is 23.7 Å². The molecule has 0 radical (unpaired) electrons. The summed E-state index contributed by atoms with van der Waals surface area (Å²) in [6.45, 7) is 11.5. The Hall–Kier alpha value is -1.66. The zero-order chi connectivity index (χ0) is 23.2. The molecule has 168 valence electrons. The number of imide groups is 1. The van der Waals surface area contributed by atoms with E-state index in [1.54, 1.807) is 13.8 Å². The van der Waals surface area contributed by atoms with Gasteiger partial charge in [0.1, 0.15) is 10.2 Å². The third-order valence-corrected chi connectivity index (χ3v) is 7.15. The van der Waals surface area contributed by atoms with Crippen molar-refractivity contribution in [3.8, 4) is 0 Å². The molecule has 3 heterocycles. The highest BCUT2D eigenvalue weighted by Gasteiger charge is 2.38.